The highest BCUT2D eigenvalue weighted by Crippen LogP contribution is 2.36. The summed E-state index contributed by atoms with van der Waals surface area (Å²) in [6.45, 7) is 0.311. The normalized spacial score (nSPS) is 13.8. The van der Waals surface area contributed by atoms with Crippen LogP contribution >= 0.6 is 0 Å². The van der Waals surface area contributed by atoms with Crippen LogP contribution in [0.1, 0.15) is 35.0 Å². The number of imidazole rings is 1. The molecule has 1 amide bonds. The molecule has 8 heteroatoms. The first-order valence-corrected chi connectivity index (χ1v) is 9.13. The second kappa shape index (κ2) is 6.56. The molecule has 0 N–H and O–H groups in total. The lowest BCUT2D eigenvalue weighted by Gasteiger charge is -2.15. The van der Waals surface area contributed by atoms with E-state index in [1.54, 1.807) is 36.6 Å². The number of aromatic nitrogens is 5. The molecule has 0 atom stereocenters. The minimum atomic E-state index is -0.141. The van der Waals surface area contributed by atoms with Gasteiger partial charge in [0.15, 0.2) is 11.4 Å². The van der Waals surface area contributed by atoms with Crippen LogP contribution in [-0.4, -0.2) is 42.5 Å². The van der Waals surface area contributed by atoms with Crippen molar-refractivity contribution >= 4 is 17.1 Å². The van der Waals surface area contributed by atoms with Crippen LogP contribution < -0.4 is 0 Å². The molecule has 0 spiro atoms. The number of hydrogen-bond acceptors (Lipinski definition) is 6. The van der Waals surface area contributed by atoms with Crippen molar-refractivity contribution in [3.63, 3.8) is 0 Å². The lowest BCUT2D eigenvalue weighted by atomic mass is 10.2. The summed E-state index contributed by atoms with van der Waals surface area (Å²) in [6, 6.07) is 7.85. The fraction of sp³-hybridized carbons (Fsp3) is 0.250. The first kappa shape index (κ1) is 16.6. The fourth-order valence-electron chi connectivity index (χ4n) is 3.23. The molecule has 0 aromatic carbocycles. The van der Waals surface area contributed by atoms with Crippen molar-refractivity contribution < 1.29 is 9.32 Å². The van der Waals surface area contributed by atoms with E-state index in [9.17, 15) is 4.79 Å². The third-order valence-corrected chi connectivity index (χ3v) is 4.87. The van der Waals surface area contributed by atoms with Gasteiger partial charge in [0.25, 0.3) is 5.91 Å². The predicted molar refractivity (Wildman–Crippen MR) is 101 cm³/mol. The Morgan fingerprint density at radius 1 is 1.25 bits per heavy atom. The first-order chi connectivity index (χ1) is 13.7. The molecule has 28 heavy (non-hydrogen) atoms. The topological polar surface area (TPSA) is 89.9 Å². The van der Waals surface area contributed by atoms with Crippen molar-refractivity contribution in [2.45, 2.75) is 25.4 Å². The minimum Gasteiger partial charge on any atom is -0.359 e. The van der Waals surface area contributed by atoms with Gasteiger partial charge in [-0.05, 0) is 31.0 Å². The molecule has 4 aromatic heterocycles. The molecule has 0 bridgehead atoms. The number of fused-ring (bicyclic) bond motifs is 1. The van der Waals surface area contributed by atoms with Crippen LogP contribution in [0, 0.1) is 0 Å². The van der Waals surface area contributed by atoms with Crippen molar-refractivity contribution in [1.29, 1.82) is 0 Å². The van der Waals surface area contributed by atoms with Gasteiger partial charge in [0, 0.05) is 43.3 Å². The van der Waals surface area contributed by atoms with Gasteiger partial charge in [-0.25, -0.2) is 9.97 Å². The largest absolute Gasteiger partial charge is 0.359 e. The second-order valence-corrected chi connectivity index (χ2v) is 7.03. The van der Waals surface area contributed by atoms with Gasteiger partial charge >= 0.3 is 0 Å². The van der Waals surface area contributed by atoms with Crippen LogP contribution in [0.2, 0.25) is 0 Å². The average Bonchev–Trinajstić information content (AvgIpc) is 3.31. The molecule has 8 nitrogen and oxygen atoms in total. The van der Waals surface area contributed by atoms with E-state index in [2.05, 4.69) is 24.7 Å². The quantitative estimate of drug-likeness (QED) is 0.533. The zero-order chi connectivity index (χ0) is 19.1. The first-order valence-electron chi connectivity index (χ1n) is 9.13. The van der Waals surface area contributed by atoms with Crippen molar-refractivity contribution in [3.05, 3.63) is 60.5 Å². The summed E-state index contributed by atoms with van der Waals surface area (Å²) < 4.78 is 7.47. The van der Waals surface area contributed by atoms with E-state index in [1.807, 2.05) is 24.5 Å². The monoisotopic (exact) mass is 374 g/mol. The maximum atomic E-state index is 12.8. The summed E-state index contributed by atoms with van der Waals surface area (Å²) in [4.78, 5) is 27.2. The summed E-state index contributed by atoms with van der Waals surface area (Å²) in [7, 11) is 1.73. The highest BCUT2D eigenvalue weighted by atomic mass is 16.5. The van der Waals surface area contributed by atoms with Gasteiger partial charge in [0.1, 0.15) is 11.2 Å². The molecular weight excluding hydrogens is 356 g/mol. The molecule has 4 aromatic rings. The maximum absolute atomic E-state index is 12.8. The Kier molecular flexibility index (Phi) is 3.89. The van der Waals surface area contributed by atoms with Gasteiger partial charge in [-0.1, -0.05) is 5.16 Å². The Labute approximate surface area is 160 Å². The third kappa shape index (κ3) is 3.02. The number of carbonyl (C=O) groups excluding carboxylic acids is 1. The molecular formula is C20H18N6O2. The van der Waals surface area contributed by atoms with Gasteiger partial charge in [0.05, 0.1) is 18.4 Å². The SMILES string of the molecule is CN(Cc1cc(-c2ccncc2)no1)C(=O)c1cnc2c(c1)ncn2C1CC1. The highest BCUT2D eigenvalue weighted by molar-refractivity contribution is 5.96. The van der Waals surface area contributed by atoms with Gasteiger partial charge in [-0.15, -0.1) is 0 Å². The molecule has 0 saturated heterocycles. The Morgan fingerprint density at radius 2 is 2.07 bits per heavy atom. The molecule has 1 aliphatic carbocycles. The van der Waals surface area contributed by atoms with Gasteiger partial charge in [-0.2, -0.15) is 0 Å². The zero-order valence-electron chi connectivity index (χ0n) is 15.3. The number of nitrogens with zero attached hydrogens (tertiary/aromatic N) is 6. The minimum absolute atomic E-state index is 0.141. The molecule has 0 aliphatic heterocycles. The Balaban J connectivity index is 1.32. The van der Waals surface area contributed by atoms with Crippen LogP contribution in [0.5, 0.6) is 0 Å². The Hall–Kier alpha value is -3.55. The number of hydrogen-bond donors (Lipinski definition) is 0. The molecule has 0 radical (unpaired) electrons. The lowest BCUT2D eigenvalue weighted by molar-refractivity contribution is 0.0772. The molecule has 1 aliphatic rings. The van der Waals surface area contributed by atoms with Gasteiger partial charge in [0.2, 0.25) is 0 Å². The Morgan fingerprint density at radius 3 is 2.86 bits per heavy atom. The van der Waals surface area contributed by atoms with Gasteiger partial charge in [-0.3, -0.25) is 9.78 Å². The van der Waals surface area contributed by atoms with Crippen LogP contribution in [-0.2, 0) is 6.54 Å². The van der Waals surface area contributed by atoms with E-state index in [-0.39, 0.29) is 5.91 Å². The maximum Gasteiger partial charge on any atom is 0.255 e. The zero-order valence-corrected chi connectivity index (χ0v) is 15.3. The number of amides is 1. The van der Waals surface area contributed by atoms with Crippen LogP contribution in [0.15, 0.2) is 53.7 Å². The van der Waals surface area contributed by atoms with Crippen molar-refractivity contribution in [3.8, 4) is 11.3 Å². The summed E-state index contributed by atoms with van der Waals surface area (Å²) in [5.41, 5.74) is 3.71. The average molecular weight is 374 g/mol. The summed E-state index contributed by atoms with van der Waals surface area (Å²) >= 11 is 0. The van der Waals surface area contributed by atoms with E-state index in [0.29, 0.717) is 29.6 Å². The van der Waals surface area contributed by atoms with E-state index >= 15 is 0 Å². The van der Waals surface area contributed by atoms with E-state index in [1.165, 1.54) is 0 Å². The second-order valence-electron chi connectivity index (χ2n) is 7.03. The highest BCUT2D eigenvalue weighted by Gasteiger charge is 2.26. The lowest BCUT2D eigenvalue weighted by Crippen LogP contribution is -2.26. The van der Waals surface area contributed by atoms with Crippen LogP contribution in [0.3, 0.4) is 0 Å². The number of rotatable bonds is 5. The fourth-order valence-corrected chi connectivity index (χ4v) is 3.23. The smallest absolute Gasteiger partial charge is 0.255 e. The van der Waals surface area contributed by atoms with Crippen LogP contribution in [0.25, 0.3) is 22.4 Å². The number of carbonyl (C=O) groups is 1. The summed E-state index contributed by atoms with van der Waals surface area (Å²) in [5, 5.41) is 4.07. The summed E-state index contributed by atoms with van der Waals surface area (Å²) in [6.07, 6.45) is 9.15. The van der Waals surface area contributed by atoms with Crippen molar-refractivity contribution in [2.24, 2.45) is 0 Å². The Bertz CT molecular complexity index is 1150. The van der Waals surface area contributed by atoms with Crippen molar-refractivity contribution in [1.82, 2.24) is 29.6 Å². The van der Waals surface area contributed by atoms with E-state index in [0.717, 1.165) is 29.6 Å². The molecule has 0 unspecified atom stereocenters. The molecule has 5 rings (SSSR count). The molecule has 140 valence electrons. The third-order valence-electron chi connectivity index (χ3n) is 4.87. The molecule has 1 saturated carbocycles. The van der Waals surface area contributed by atoms with Crippen LogP contribution in [0.4, 0.5) is 0 Å². The predicted octanol–water partition coefficient (Wildman–Crippen LogP) is 3.09. The van der Waals surface area contributed by atoms with Crippen molar-refractivity contribution in [2.75, 3.05) is 7.05 Å². The van der Waals surface area contributed by atoms with E-state index < -0.39 is 0 Å². The molecule has 4 heterocycles. The number of pyridine rings is 2. The standard InChI is InChI=1S/C20H18N6O2/c1-25(11-16-9-17(24-28-16)13-4-6-21-7-5-13)20(27)14-8-18-19(22-10-14)26(12-23-18)15-2-3-15/h4-10,12,15H,2-3,11H2,1H3. The van der Waals surface area contributed by atoms with Gasteiger partial charge < -0.3 is 14.0 Å². The van der Waals surface area contributed by atoms with E-state index in [4.69, 9.17) is 4.52 Å². The summed E-state index contributed by atoms with van der Waals surface area (Å²) in [5.74, 6) is 0.465. The molecule has 1 fully saturated rings.